The molecular weight excluding hydrogens is 497 g/mol. The lowest BCUT2D eigenvalue weighted by atomic mass is 10.2. The van der Waals surface area contributed by atoms with Crippen molar-refractivity contribution in [3.8, 4) is 0 Å². The average molecular weight is 527 g/mol. The maximum Gasteiger partial charge on any atom is 0.251 e. The zero-order chi connectivity index (χ0) is 20.1. The summed E-state index contributed by atoms with van der Waals surface area (Å²) in [4.78, 5) is 21.5. The Kier molecular flexibility index (Phi) is 8.25. The number of halogens is 1. The number of carbonyl (C=O) groups excluding carboxylic acids is 1. The predicted octanol–water partition coefficient (Wildman–Crippen LogP) is 1.18. The normalized spacial score (nSPS) is 19.8. The molecule has 10 heteroatoms. The number of piperazine rings is 1. The Labute approximate surface area is 193 Å². The minimum Gasteiger partial charge on any atom is -0.368 e. The van der Waals surface area contributed by atoms with Crippen molar-refractivity contribution in [2.45, 2.75) is 32.3 Å². The number of rotatable bonds is 5. The molecule has 0 bridgehead atoms. The van der Waals surface area contributed by atoms with E-state index in [9.17, 15) is 4.79 Å². The molecule has 30 heavy (non-hydrogen) atoms. The van der Waals surface area contributed by atoms with Crippen molar-refractivity contribution in [1.29, 1.82) is 0 Å². The fraction of sp³-hybridized carbons (Fsp3) is 0.600. The van der Waals surface area contributed by atoms with Crippen LogP contribution in [0.25, 0.3) is 5.65 Å². The molecule has 1 atom stereocenters. The Morgan fingerprint density at radius 2 is 2.03 bits per heavy atom. The van der Waals surface area contributed by atoms with Crippen molar-refractivity contribution < 1.29 is 9.53 Å². The predicted molar refractivity (Wildman–Crippen MR) is 125 cm³/mol. The van der Waals surface area contributed by atoms with Gasteiger partial charge in [0.25, 0.3) is 5.91 Å². The lowest BCUT2D eigenvalue weighted by Gasteiger charge is -2.37. The van der Waals surface area contributed by atoms with Gasteiger partial charge in [0.15, 0.2) is 11.6 Å². The molecule has 2 aliphatic heterocycles. The van der Waals surface area contributed by atoms with E-state index in [2.05, 4.69) is 27.3 Å². The standard InChI is InChI=1S/C20H29N7O2.HI/c1-2-21-20(22-9-8-18-24-23-17-7-3-4-10-27(17)18)26-13-11-25(12-14-26)19(28)16-6-5-15-29-16;/h3-4,7,10,16H,2,5-6,8-9,11-15H2,1H3,(H,21,22);1H. The van der Waals surface area contributed by atoms with Gasteiger partial charge in [-0.3, -0.25) is 14.2 Å². The number of fused-ring (bicyclic) bond motifs is 1. The zero-order valence-corrected chi connectivity index (χ0v) is 19.7. The van der Waals surface area contributed by atoms with Crippen LogP contribution in [0.15, 0.2) is 29.4 Å². The summed E-state index contributed by atoms with van der Waals surface area (Å²) in [5.41, 5.74) is 0.852. The second kappa shape index (κ2) is 10.9. The molecule has 1 unspecified atom stereocenters. The highest BCUT2D eigenvalue weighted by Crippen LogP contribution is 2.16. The van der Waals surface area contributed by atoms with E-state index in [1.54, 1.807) is 0 Å². The summed E-state index contributed by atoms with van der Waals surface area (Å²) in [5, 5.41) is 11.8. The van der Waals surface area contributed by atoms with Gasteiger partial charge in [-0.25, -0.2) is 0 Å². The number of guanidine groups is 1. The van der Waals surface area contributed by atoms with Crippen molar-refractivity contribution in [2.75, 3.05) is 45.9 Å². The van der Waals surface area contributed by atoms with E-state index in [0.717, 1.165) is 56.3 Å². The molecule has 9 nitrogen and oxygen atoms in total. The van der Waals surface area contributed by atoms with E-state index in [1.165, 1.54) is 0 Å². The first-order valence-corrected chi connectivity index (χ1v) is 10.5. The molecule has 2 fully saturated rings. The third kappa shape index (κ3) is 5.20. The Morgan fingerprint density at radius 3 is 2.77 bits per heavy atom. The van der Waals surface area contributed by atoms with Gasteiger partial charge < -0.3 is 19.9 Å². The molecule has 0 saturated carbocycles. The number of nitrogens with one attached hydrogen (secondary N) is 1. The molecule has 164 valence electrons. The molecule has 1 N–H and O–H groups in total. The van der Waals surface area contributed by atoms with Crippen molar-refractivity contribution in [3.05, 3.63) is 30.2 Å². The number of hydrogen-bond acceptors (Lipinski definition) is 5. The van der Waals surface area contributed by atoms with Gasteiger partial charge in [0, 0.05) is 58.5 Å². The first kappa shape index (κ1) is 22.7. The molecule has 4 heterocycles. The van der Waals surface area contributed by atoms with Crippen LogP contribution in [-0.2, 0) is 16.0 Å². The molecule has 0 spiro atoms. The van der Waals surface area contributed by atoms with Crippen LogP contribution in [-0.4, -0.2) is 88.2 Å². The fourth-order valence-corrected chi connectivity index (χ4v) is 3.86. The maximum absolute atomic E-state index is 12.5. The lowest BCUT2D eigenvalue weighted by molar-refractivity contribution is -0.142. The Bertz CT molecular complexity index is 858. The number of hydrogen-bond donors (Lipinski definition) is 1. The van der Waals surface area contributed by atoms with Crippen LogP contribution in [0.4, 0.5) is 0 Å². The van der Waals surface area contributed by atoms with Gasteiger partial charge in [-0.05, 0) is 31.9 Å². The number of nitrogens with zero attached hydrogens (tertiary/aromatic N) is 6. The van der Waals surface area contributed by atoms with Gasteiger partial charge in [-0.2, -0.15) is 0 Å². The molecule has 0 aliphatic carbocycles. The van der Waals surface area contributed by atoms with Crippen molar-refractivity contribution in [2.24, 2.45) is 4.99 Å². The second-order valence-electron chi connectivity index (χ2n) is 7.34. The molecule has 0 aromatic carbocycles. The van der Waals surface area contributed by atoms with Crippen molar-refractivity contribution in [3.63, 3.8) is 0 Å². The quantitative estimate of drug-likeness (QED) is 0.357. The minimum atomic E-state index is -0.235. The third-order valence-corrected chi connectivity index (χ3v) is 5.41. The minimum absolute atomic E-state index is 0. The molecule has 2 aromatic rings. The van der Waals surface area contributed by atoms with E-state index < -0.39 is 0 Å². The Balaban J connectivity index is 0.00000256. The molecule has 2 aromatic heterocycles. The summed E-state index contributed by atoms with van der Waals surface area (Å²) in [6.07, 6.45) is 4.29. The van der Waals surface area contributed by atoms with Crippen LogP contribution in [0, 0.1) is 0 Å². The monoisotopic (exact) mass is 527 g/mol. The summed E-state index contributed by atoms with van der Waals surface area (Å²) in [5.74, 6) is 1.94. The number of amides is 1. The maximum atomic E-state index is 12.5. The topological polar surface area (TPSA) is 87.4 Å². The van der Waals surface area contributed by atoms with E-state index in [1.807, 2.05) is 33.7 Å². The molecule has 2 aliphatic rings. The summed E-state index contributed by atoms with van der Waals surface area (Å²) in [6.45, 7) is 7.18. The highest BCUT2D eigenvalue weighted by atomic mass is 127. The average Bonchev–Trinajstić information content (AvgIpc) is 3.43. The van der Waals surface area contributed by atoms with Crippen LogP contribution >= 0.6 is 24.0 Å². The molecular formula is C20H30IN7O2. The summed E-state index contributed by atoms with van der Waals surface area (Å²) < 4.78 is 7.54. The van der Waals surface area contributed by atoms with Crippen LogP contribution in [0.1, 0.15) is 25.6 Å². The van der Waals surface area contributed by atoms with Crippen molar-refractivity contribution in [1.82, 2.24) is 29.7 Å². The van der Waals surface area contributed by atoms with Gasteiger partial charge in [0.1, 0.15) is 11.9 Å². The second-order valence-corrected chi connectivity index (χ2v) is 7.34. The van der Waals surface area contributed by atoms with E-state index in [-0.39, 0.29) is 36.0 Å². The number of ether oxygens (including phenoxy) is 1. The highest BCUT2D eigenvalue weighted by molar-refractivity contribution is 14.0. The van der Waals surface area contributed by atoms with Gasteiger partial charge in [-0.15, -0.1) is 34.2 Å². The van der Waals surface area contributed by atoms with E-state index >= 15 is 0 Å². The van der Waals surface area contributed by atoms with E-state index in [4.69, 9.17) is 9.73 Å². The fourth-order valence-electron chi connectivity index (χ4n) is 3.86. The Hall–Kier alpha value is -1.95. The largest absolute Gasteiger partial charge is 0.368 e. The highest BCUT2D eigenvalue weighted by Gasteiger charge is 2.30. The van der Waals surface area contributed by atoms with Crippen molar-refractivity contribution >= 4 is 41.5 Å². The van der Waals surface area contributed by atoms with E-state index in [0.29, 0.717) is 26.2 Å². The number of carbonyl (C=O) groups is 1. The van der Waals surface area contributed by atoms with Gasteiger partial charge >= 0.3 is 0 Å². The van der Waals surface area contributed by atoms with Gasteiger partial charge in [0.05, 0.1) is 0 Å². The smallest absolute Gasteiger partial charge is 0.251 e. The molecule has 2 saturated heterocycles. The molecule has 0 radical (unpaired) electrons. The lowest BCUT2D eigenvalue weighted by Crippen LogP contribution is -2.55. The summed E-state index contributed by atoms with van der Waals surface area (Å²) in [6, 6.07) is 5.88. The van der Waals surface area contributed by atoms with Crippen LogP contribution < -0.4 is 5.32 Å². The number of aliphatic imine (C=N–C) groups is 1. The van der Waals surface area contributed by atoms with Crippen LogP contribution in [0.3, 0.4) is 0 Å². The van der Waals surface area contributed by atoms with Crippen LogP contribution in [0.5, 0.6) is 0 Å². The Morgan fingerprint density at radius 1 is 1.23 bits per heavy atom. The molecule has 4 rings (SSSR count). The number of aromatic nitrogens is 3. The first-order valence-electron chi connectivity index (χ1n) is 10.5. The molecule has 1 amide bonds. The summed E-state index contributed by atoms with van der Waals surface area (Å²) >= 11 is 0. The summed E-state index contributed by atoms with van der Waals surface area (Å²) in [7, 11) is 0. The first-order chi connectivity index (χ1) is 14.3. The van der Waals surface area contributed by atoms with Gasteiger partial charge in [-0.1, -0.05) is 6.07 Å². The third-order valence-electron chi connectivity index (χ3n) is 5.41. The van der Waals surface area contributed by atoms with Gasteiger partial charge in [0.2, 0.25) is 0 Å². The zero-order valence-electron chi connectivity index (χ0n) is 17.4. The van der Waals surface area contributed by atoms with Crippen LogP contribution in [0.2, 0.25) is 0 Å². The number of pyridine rings is 1. The SMILES string of the molecule is CCNC(=NCCc1nnc2ccccn12)N1CCN(C(=O)C2CCCO2)CC1.I.